The maximum Gasteiger partial charge on any atom is 0.141 e. The molecule has 4 nitrogen and oxygen atoms in total. The third-order valence-corrected chi connectivity index (χ3v) is 2.12. The summed E-state index contributed by atoms with van der Waals surface area (Å²) in [5.41, 5.74) is 7.24. The average molecular weight is 206 g/mol. The van der Waals surface area contributed by atoms with Gasteiger partial charge < -0.3 is 5.73 Å². The molecule has 2 N–H and O–H groups in total. The first-order chi connectivity index (χ1) is 7.16. The van der Waals surface area contributed by atoms with Crippen molar-refractivity contribution in [3.8, 4) is 0 Å². The van der Waals surface area contributed by atoms with Crippen LogP contribution in [0.2, 0.25) is 0 Å². The van der Waals surface area contributed by atoms with Gasteiger partial charge in [0.05, 0.1) is 23.6 Å². The van der Waals surface area contributed by atoms with Crippen molar-refractivity contribution >= 4 is 0 Å². The van der Waals surface area contributed by atoms with Crippen molar-refractivity contribution in [2.24, 2.45) is 12.8 Å². The van der Waals surface area contributed by atoms with Gasteiger partial charge in [0.25, 0.3) is 0 Å². The molecule has 78 valence electrons. The summed E-state index contributed by atoms with van der Waals surface area (Å²) in [6.07, 6.45) is 2.96. The Morgan fingerprint density at radius 1 is 1.33 bits per heavy atom. The van der Waals surface area contributed by atoms with Gasteiger partial charge in [0.15, 0.2) is 0 Å². The Bertz CT molecular complexity index is 449. The summed E-state index contributed by atoms with van der Waals surface area (Å²) in [7, 11) is 1.81. The van der Waals surface area contributed by atoms with Gasteiger partial charge in [-0.1, -0.05) is 0 Å². The quantitative estimate of drug-likeness (QED) is 0.797. The van der Waals surface area contributed by atoms with Crippen LogP contribution in [0.15, 0.2) is 30.6 Å². The molecule has 2 rings (SSSR count). The van der Waals surface area contributed by atoms with Crippen LogP contribution >= 0.6 is 0 Å². The Balaban J connectivity index is 2.28. The predicted molar refractivity (Wildman–Crippen MR) is 53.4 cm³/mol. The fourth-order valence-electron chi connectivity index (χ4n) is 1.32. The Morgan fingerprint density at radius 3 is 2.67 bits per heavy atom. The lowest BCUT2D eigenvalue weighted by atomic mass is 10.1. The molecule has 0 fully saturated rings. The lowest BCUT2D eigenvalue weighted by Gasteiger charge is -2.07. The molecule has 2 heterocycles. The van der Waals surface area contributed by atoms with Gasteiger partial charge >= 0.3 is 0 Å². The highest BCUT2D eigenvalue weighted by Gasteiger charge is 2.12. The number of pyridine rings is 1. The molecule has 5 heteroatoms. The van der Waals surface area contributed by atoms with Crippen LogP contribution < -0.4 is 5.73 Å². The smallest absolute Gasteiger partial charge is 0.141 e. The summed E-state index contributed by atoms with van der Waals surface area (Å²) in [6, 6.07) is 4.31. The van der Waals surface area contributed by atoms with E-state index in [-0.39, 0.29) is 5.82 Å². The summed E-state index contributed by atoms with van der Waals surface area (Å²) in [4.78, 5) is 3.91. The van der Waals surface area contributed by atoms with E-state index < -0.39 is 6.04 Å². The second kappa shape index (κ2) is 3.78. The number of aromatic nitrogens is 3. The van der Waals surface area contributed by atoms with E-state index in [0.717, 1.165) is 11.9 Å². The van der Waals surface area contributed by atoms with Crippen LogP contribution in [0.3, 0.4) is 0 Å². The van der Waals surface area contributed by atoms with Gasteiger partial charge in [0.1, 0.15) is 5.82 Å². The number of hydrogen-bond donors (Lipinski definition) is 1. The lowest BCUT2D eigenvalue weighted by molar-refractivity contribution is 0.616. The third kappa shape index (κ3) is 2.02. The molecule has 2 aromatic heterocycles. The van der Waals surface area contributed by atoms with Crippen molar-refractivity contribution in [2.45, 2.75) is 6.04 Å². The van der Waals surface area contributed by atoms with Crippen LogP contribution in [0.5, 0.6) is 0 Å². The van der Waals surface area contributed by atoms with Gasteiger partial charge in [-0.15, -0.1) is 0 Å². The summed E-state index contributed by atoms with van der Waals surface area (Å²) in [5, 5.41) is 4.17. The van der Waals surface area contributed by atoms with E-state index in [0.29, 0.717) is 5.69 Å². The van der Waals surface area contributed by atoms with Gasteiger partial charge in [-0.3, -0.25) is 9.67 Å². The van der Waals surface area contributed by atoms with E-state index in [1.54, 1.807) is 16.9 Å². The number of halogens is 1. The molecule has 0 aliphatic carbocycles. The average Bonchev–Trinajstić information content (AvgIpc) is 2.65. The summed E-state index contributed by atoms with van der Waals surface area (Å²) < 4.78 is 14.3. The van der Waals surface area contributed by atoms with Gasteiger partial charge in [-0.2, -0.15) is 5.10 Å². The van der Waals surface area contributed by atoms with E-state index >= 15 is 0 Å². The number of aryl methyl sites for hydroxylation is 1. The Labute approximate surface area is 86.6 Å². The van der Waals surface area contributed by atoms with Crippen molar-refractivity contribution < 1.29 is 4.39 Å². The monoisotopic (exact) mass is 206 g/mol. The molecule has 1 atom stereocenters. The van der Waals surface area contributed by atoms with Gasteiger partial charge in [0, 0.05) is 13.2 Å². The highest BCUT2D eigenvalue weighted by atomic mass is 19.1. The Morgan fingerprint density at radius 2 is 2.13 bits per heavy atom. The van der Waals surface area contributed by atoms with E-state index in [2.05, 4.69) is 10.1 Å². The summed E-state index contributed by atoms with van der Waals surface area (Å²) in [6.45, 7) is 0. The maximum atomic E-state index is 12.6. The van der Waals surface area contributed by atoms with Crippen molar-refractivity contribution in [3.05, 3.63) is 47.8 Å². The van der Waals surface area contributed by atoms with Crippen LogP contribution in [0, 0.1) is 5.82 Å². The number of rotatable bonds is 2. The third-order valence-electron chi connectivity index (χ3n) is 2.12. The zero-order chi connectivity index (χ0) is 10.8. The SMILES string of the molecule is Cn1ccc(C(N)c2ccc(F)cn2)n1. The molecule has 0 aliphatic rings. The van der Waals surface area contributed by atoms with Crippen molar-refractivity contribution in [2.75, 3.05) is 0 Å². The van der Waals surface area contributed by atoms with E-state index in [1.165, 1.54) is 6.07 Å². The second-order valence-electron chi connectivity index (χ2n) is 3.29. The normalized spacial score (nSPS) is 12.7. The Hall–Kier alpha value is -1.75. The van der Waals surface area contributed by atoms with Gasteiger partial charge in [-0.05, 0) is 18.2 Å². The maximum absolute atomic E-state index is 12.6. The largest absolute Gasteiger partial charge is 0.318 e. The molecular weight excluding hydrogens is 195 g/mol. The molecule has 0 amide bonds. The standard InChI is InChI=1S/C10H11FN4/c1-15-5-4-9(14-15)10(12)8-3-2-7(11)6-13-8/h2-6,10H,12H2,1H3. The molecule has 0 spiro atoms. The summed E-state index contributed by atoms with van der Waals surface area (Å²) in [5.74, 6) is -0.369. The topological polar surface area (TPSA) is 56.7 Å². The van der Waals surface area contributed by atoms with Crippen molar-refractivity contribution in [1.29, 1.82) is 0 Å². The van der Waals surface area contributed by atoms with Crippen LogP contribution in [0.1, 0.15) is 17.4 Å². The van der Waals surface area contributed by atoms with E-state index in [1.807, 2.05) is 13.1 Å². The zero-order valence-electron chi connectivity index (χ0n) is 8.26. The molecule has 0 aliphatic heterocycles. The minimum atomic E-state index is -0.410. The molecule has 0 saturated heterocycles. The highest BCUT2D eigenvalue weighted by Crippen LogP contribution is 2.15. The lowest BCUT2D eigenvalue weighted by Crippen LogP contribution is -2.14. The van der Waals surface area contributed by atoms with Crippen molar-refractivity contribution in [3.63, 3.8) is 0 Å². The first kappa shape index (κ1) is 9.79. The van der Waals surface area contributed by atoms with Gasteiger partial charge in [0.2, 0.25) is 0 Å². The number of nitrogens with zero attached hydrogens (tertiary/aromatic N) is 3. The van der Waals surface area contributed by atoms with Crippen LogP contribution in [-0.4, -0.2) is 14.8 Å². The second-order valence-corrected chi connectivity index (χ2v) is 3.29. The minimum Gasteiger partial charge on any atom is -0.318 e. The molecule has 1 unspecified atom stereocenters. The van der Waals surface area contributed by atoms with E-state index in [9.17, 15) is 4.39 Å². The van der Waals surface area contributed by atoms with E-state index in [4.69, 9.17) is 5.73 Å². The number of nitrogens with two attached hydrogens (primary N) is 1. The van der Waals surface area contributed by atoms with Crippen LogP contribution in [0.4, 0.5) is 4.39 Å². The first-order valence-electron chi connectivity index (χ1n) is 4.53. The molecule has 0 aromatic carbocycles. The van der Waals surface area contributed by atoms with Gasteiger partial charge in [-0.25, -0.2) is 4.39 Å². The molecule has 15 heavy (non-hydrogen) atoms. The number of hydrogen-bond acceptors (Lipinski definition) is 3. The molecule has 2 aromatic rings. The molecular formula is C10H11FN4. The molecule has 0 saturated carbocycles. The van der Waals surface area contributed by atoms with Crippen molar-refractivity contribution in [1.82, 2.24) is 14.8 Å². The first-order valence-corrected chi connectivity index (χ1v) is 4.53. The fourth-order valence-corrected chi connectivity index (χ4v) is 1.32. The minimum absolute atomic E-state index is 0.369. The van der Waals surface area contributed by atoms with Crippen LogP contribution in [0.25, 0.3) is 0 Å². The fraction of sp³-hybridized carbons (Fsp3) is 0.200. The summed E-state index contributed by atoms with van der Waals surface area (Å²) >= 11 is 0. The predicted octanol–water partition coefficient (Wildman–Crippen LogP) is 1.00. The Kier molecular flexibility index (Phi) is 2.47. The molecule has 0 bridgehead atoms. The zero-order valence-corrected chi connectivity index (χ0v) is 8.26. The van der Waals surface area contributed by atoms with Crippen LogP contribution in [-0.2, 0) is 7.05 Å². The molecule has 0 radical (unpaired) electrons. The highest BCUT2D eigenvalue weighted by molar-refractivity contribution is 5.20.